The first-order chi connectivity index (χ1) is 18.0. The van der Waals surface area contributed by atoms with E-state index >= 15 is 0 Å². The number of ether oxygens (including phenoxy) is 2. The number of aliphatic carboxylic acids is 1. The van der Waals surface area contributed by atoms with E-state index in [4.69, 9.17) is 14.6 Å². The number of amides is 3. The number of halogens is 1. The van der Waals surface area contributed by atoms with Crippen LogP contribution in [0.2, 0.25) is 0 Å². The van der Waals surface area contributed by atoms with Gasteiger partial charge in [-0.25, -0.2) is 18.8 Å². The number of likely N-dealkylation sites (tertiary alicyclic amines) is 1. The molecule has 0 radical (unpaired) electrons. The average molecular weight is 531 g/mol. The van der Waals surface area contributed by atoms with E-state index in [1.807, 2.05) is 45.0 Å². The van der Waals surface area contributed by atoms with Crippen molar-refractivity contribution in [2.75, 3.05) is 36.9 Å². The van der Waals surface area contributed by atoms with E-state index in [1.165, 1.54) is 12.1 Å². The Morgan fingerprint density at radius 2 is 1.76 bits per heavy atom. The maximum Gasteiger partial charge on any atom is 0.407 e. The number of rotatable bonds is 9. The van der Waals surface area contributed by atoms with Gasteiger partial charge in [0.2, 0.25) is 0 Å². The lowest BCUT2D eigenvalue weighted by atomic mass is 10.0. The molecule has 2 aromatic carbocycles. The van der Waals surface area contributed by atoms with Crippen LogP contribution < -0.4 is 20.7 Å². The lowest BCUT2D eigenvalue weighted by Gasteiger charge is -2.33. The van der Waals surface area contributed by atoms with Gasteiger partial charge in [-0.05, 0) is 69.9 Å². The van der Waals surface area contributed by atoms with E-state index in [2.05, 4.69) is 16.0 Å². The van der Waals surface area contributed by atoms with Gasteiger partial charge < -0.3 is 35.4 Å². The van der Waals surface area contributed by atoms with Gasteiger partial charge in [0.25, 0.3) is 0 Å². The summed E-state index contributed by atoms with van der Waals surface area (Å²) in [6, 6.07) is 11.6. The zero-order valence-corrected chi connectivity index (χ0v) is 21.9. The van der Waals surface area contributed by atoms with Gasteiger partial charge in [-0.15, -0.1) is 0 Å². The standard InChI is InChI=1S/C27H35FN4O6/c1-27(2,3)38-26(36)29-13-10-18-4-6-19(7-5-18)30-20-11-14-32(15-12-20)25(35)31-23-9-8-21(16-22(23)28)37-17-24(33)34/h4-9,16,20,30H,10-15,17H2,1-3H3,(H,29,36)(H,31,35)(H,33,34). The molecular weight excluding hydrogens is 495 g/mol. The predicted octanol–water partition coefficient (Wildman–Crippen LogP) is 4.46. The maximum atomic E-state index is 14.3. The number of alkyl carbamates (subject to hydrolysis) is 1. The van der Waals surface area contributed by atoms with Crippen LogP contribution in [-0.4, -0.2) is 66.0 Å². The first-order valence-electron chi connectivity index (χ1n) is 12.5. The van der Waals surface area contributed by atoms with Gasteiger partial charge in [0.1, 0.15) is 17.2 Å². The van der Waals surface area contributed by atoms with Crippen molar-refractivity contribution < 1.29 is 33.4 Å². The summed E-state index contributed by atoms with van der Waals surface area (Å²) in [4.78, 5) is 36.5. The Labute approximate surface area is 221 Å². The minimum absolute atomic E-state index is 0.000641. The van der Waals surface area contributed by atoms with E-state index in [-0.39, 0.29) is 17.5 Å². The average Bonchev–Trinajstić information content (AvgIpc) is 2.84. The van der Waals surface area contributed by atoms with Crippen molar-refractivity contribution in [1.82, 2.24) is 10.2 Å². The van der Waals surface area contributed by atoms with Gasteiger partial charge in [0.05, 0.1) is 5.69 Å². The lowest BCUT2D eigenvalue weighted by molar-refractivity contribution is -0.139. The second-order valence-corrected chi connectivity index (χ2v) is 10.0. The largest absolute Gasteiger partial charge is 0.482 e. The second-order valence-electron chi connectivity index (χ2n) is 10.0. The van der Waals surface area contributed by atoms with Crippen LogP contribution in [0.4, 0.5) is 25.4 Å². The number of anilines is 2. The Hall–Kier alpha value is -4.02. The van der Waals surface area contributed by atoms with Crippen molar-refractivity contribution in [2.45, 2.75) is 51.7 Å². The molecule has 11 heteroatoms. The summed E-state index contributed by atoms with van der Waals surface area (Å²) in [5.74, 6) is -1.80. The van der Waals surface area contributed by atoms with Crippen LogP contribution in [0.1, 0.15) is 39.2 Å². The molecule has 0 spiro atoms. The molecule has 1 aliphatic heterocycles. The fourth-order valence-corrected chi connectivity index (χ4v) is 3.88. The van der Waals surface area contributed by atoms with Crippen molar-refractivity contribution in [1.29, 1.82) is 0 Å². The number of carboxylic acid groups (broad SMARTS) is 1. The van der Waals surface area contributed by atoms with Crippen LogP contribution >= 0.6 is 0 Å². The molecule has 1 saturated heterocycles. The number of piperidine rings is 1. The fraction of sp³-hybridized carbons (Fsp3) is 0.444. The summed E-state index contributed by atoms with van der Waals surface area (Å²) in [7, 11) is 0. The monoisotopic (exact) mass is 530 g/mol. The quantitative estimate of drug-likeness (QED) is 0.377. The van der Waals surface area contributed by atoms with Crippen molar-refractivity contribution in [2.24, 2.45) is 0 Å². The molecule has 3 rings (SSSR count). The Kier molecular flexibility index (Phi) is 9.75. The molecule has 0 unspecified atom stereocenters. The molecular formula is C27H35FN4O6. The van der Waals surface area contributed by atoms with Crippen LogP contribution in [0.3, 0.4) is 0 Å². The van der Waals surface area contributed by atoms with Crippen molar-refractivity contribution in [3.8, 4) is 5.75 Å². The number of urea groups is 1. The molecule has 3 amide bonds. The highest BCUT2D eigenvalue weighted by Gasteiger charge is 2.23. The highest BCUT2D eigenvalue weighted by molar-refractivity contribution is 5.89. The lowest BCUT2D eigenvalue weighted by Crippen LogP contribution is -2.44. The van der Waals surface area contributed by atoms with Crippen LogP contribution in [-0.2, 0) is 16.0 Å². The Bertz CT molecular complexity index is 1110. The Balaban J connectivity index is 1.39. The number of nitrogens with zero attached hydrogens (tertiary/aromatic N) is 1. The van der Waals surface area contributed by atoms with E-state index < -0.39 is 36.1 Å². The predicted molar refractivity (Wildman–Crippen MR) is 141 cm³/mol. The van der Waals surface area contributed by atoms with Crippen LogP contribution in [0.15, 0.2) is 42.5 Å². The minimum atomic E-state index is -1.16. The Morgan fingerprint density at radius 3 is 2.37 bits per heavy atom. The number of carboxylic acids is 1. The summed E-state index contributed by atoms with van der Waals surface area (Å²) >= 11 is 0. The van der Waals surface area contributed by atoms with Crippen molar-refractivity contribution >= 4 is 29.5 Å². The highest BCUT2D eigenvalue weighted by Crippen LogP contribution is 2.22. The first kappa shape index (κ1) is 28.5. The van der Waals surface area contributed by atoms with Gasteiger partial charge >= 0.3 is 18.1 Å². The highest BCUT2D eigenvalue weighted by atomic mass is 19.1. The molecule has 0 aromatic heterocycles. The number of carbonyl (C=O) groups excluding carboxylic acids is 2. The SMILES string of the molecule is CC(C)(C)OC(=O)NCCc1ccc(NC2CCN(C(=O)Nc3ccc(OCC(=O)O)cc3F)CC2)cc1. The zero-order valence-electron chi connectivity index (χ0n) is 21.9. The van der Waals surface area contributed by atoms with Crippen LogP contribution in [0, 0.1) is 5.82 Å². The molecule has 4 N–H and O–H groups in total. The van der Waals surface area contributed by atoms with E-state index in [1.54, 1.807) is 4.90 Å². The molecule has 0 bridgehead atoms. The topological polar surface area (TPSA) is 129 Å². The van der Waals surface area contributed by atoms with Crippen molar-refractivity contribution in [3.05, 3.63) is 53.8 Å². The molecule has 0 aliphatic carbocycles. The van der Waals surface area contributed by atoms with Crippen LogP contribution in [0.5, 0.6) is 5.75 Å². The molecule has 1 heterocycles. The van der Waals surface area contributed by atoms with Gasteiger partial charge in [-0.1, -0.05) is 12.1 Å². The molecule has 0 saturated carbocycles. The van der Waals surface area contributed by atoms with Crippen LogP contribution in [0.25, 0.3) is 0 Å². The molecule has 38 heavy (non-hydrogen) atoms. The zero-order chi connectivity index (χ0) is 27.7. The van der Waals surface area contributed by atoms with Crippen molar-refractivity contribution in [3.63, 3.8) is 0 Å². The summed E-state index contributed by atoms with van der Waals surface area (Å²) in [6.45, 7) is 6.40. The molecule has 1 aliphatic rings. The third-order valence-electron chi connectivity index (χ3n) is 5.73. The number of hydrogen-bond donors (Lipinski definition) is 4. The Morgan fingerprint density at radius 1 is 1.08 bits per heavy atom. The summed E-state index contributed by atoms with van der Waals surface area (Å²) in [5, 5.41) is 17.4. The van der Waals surface area contributed by atoms with E-state index in [9.17, 15) is 18.8 Å². The minimum Gasteiger partial charge on any atom is -0.482 e. The molecule has 0 atom stereocenters. The van der Waals surface area contributed by atoms with E-state index in [0.717, 1.165) is 30.2 Å². The van der Waals surface area contributed by atoms with Gasteiger partial charge in [0.15, 0.2) is 6.61 Å². The van der Waals surface area contributed by atoms with Gasteiger partial charge in [-0.3, -0.25) is 0 Å². The normalized spacial score (nSPS) is 13.9. The third kappa shape index (κ3) is 9.45. The van der Waals surface area contributed by atoms with E-state index in [0.29, 0.717) is 26.1 Å². The number of benzene rings is 2. The number of carbonyl (C=O) groups is 3. The molecule has 2 aromatic rings. The number of nitrogens with one attached hydrogen (secondary N) is 3. The smallest absolute Gasteiger partial charge is 0.407 e. The number of hydrogen-bond acceptors (Lipinski definition) is 6. The third-order valence-corrected chi connectivity index (χ3v) is 5.73. The maximum absolute atomic E-state index is 14.3. The summed E-state index contributed by atoms with van der Waals surface area (Å²) in [6.07, 6.45) is 1.73. The second kappa shape index (κ2) is 13.0. The fourth-order valence-electron chi connectivity index (χ4n) is 3.88. The summed E-state index contributed by atoms with van der Waals surface area (Å²) < 4.78 is 24.5. The molecule has 1 fully saturated rings. The first-order valence-corrected chi connectivity index (χ1v) is 12.5. The summed E-state index contributed by atoms with van der Waals surface area (Å²) in [5.41, 5.74) is 1.54. The molecule has 10 nitrogen and oxygen atoms in total. The van der Waals surface area contributed by atoms with Gasteiger partial charge in [0, 0.05) is 37.4 Å². The van der Waals surface area contributed by atoms with Gasteiger partial charge in [-0.2, -0.15) is 0 Å². The molecule has 206 valence electrons.